The second-order valence-corrected chi connectivity index (χ2v) is 8.07. The van der Waals surface area contributed by atoms with Crippen LogP contribution in [0.15, 0.2) is 29.8 Å². The molecule has 0 radical (unpaired) electrons. The molecule has 1 saturated heterocycles. The van der Waals surface area contributed by atoms with Gasteiger partial charge in [-0.05, 0) is 31.5 Å². The fraction of sp³-hybridized carbons (Fsp3) is 0.389. The molecule has 1 aliphatic rings. The van der Waals surface area contributed by atoms with Gasteiger partial charge in [0.2, 0.25) is 11.8 Å². The van der Waals surface area contributed by atoms with Gasteiger partial charge in [-0.25, -0.2) is 4.98 Å². The van der Waals surface area contributed by atoms with Gasteiger partial charge in [-0.3, -0.25) is 9.59 Å². The van der Waals surface area contributed by atoms with E-state index in [4.69, 9.17) is 23.2 Å². The highest BCUT2D eigenvalue weighted by Gasteiger charge is 2.26. The molecule has 0 aliphatic carbocycles. The van der Waals surface area contributed by atoms with E-state index in [1.165, 1.54) is 11.3 Å². The summed E-state index contributed by atoms with van der Waals surface area (Å²) in [5.74, 6) is -0.259. The number of anilines is 2. The van der Waals surface area contributed by atoms with E-state index in [0.717, 1.165) is 19.4 Å². The Hall–Kier alpha value is -1.67. The zero-order chi connectivity index (χ0) is 19.2. The third kappa shape index (κ3) is 5.65. The van der Waals surface area contributed by atoms with E-state index < -0.39 is 0 Å². The largest absolute Gasteiger partial charge is 0.324 e. The van der Waals surface area contributed by atoms with Crippen LogP contribution in [0.2, 0.25) is 10.0 Å². The summed E-state index contributed by atoms with van der Waals surface area (Å²) in [5.41, 5.74) is 0.435. The molecule has 1 fully saturated rings. The van der Waals surface area contributed by atoms with Crippen LogP contribution in [0.4, 0.5) is 10.8 Å². The zero-order valence-corrected chi connectivity index (χ0v) is 16.9. The Morgan fingerprint density at radius 2 is 2.04 bits per heavy atom. The molecule has 1 unspecified atom stereocenters. The first-order chi connectivity index (χ1) is 13.0. The number of nitrogens with one attached hydrogen (secondary N) is 2. The van der Waals surface area contributed by atoms with Gasteiger partial charge in [-0.2, -0.15) is 0 Å². The van der Waals surface area contributed by atoms with Crippen LogP contribution >= 0.6 is 34.5 Å². The number of aromatic nitrogens is 1. The number of carbonyl (C=O) groups excluding carboxylic acids is 2. The van der Waals surface area contributed by atoms with Crippen LogP contribution in [0.3, 0.4) is 0 Å². The van der Waals surface area contributed by atoms with Crippen molar-refractivity contribution in [3.8, 4) is 0 Å². The molecule has 1 aliphatic heterocycles. The molecule has 2 amide bonds. The van der Waals surface area contributed by atoms with Crippen molar-refractivity contribution >= 4 is 57.2 Å². The maximum atomic E-state index is 12.4. The predicted molar refractivity (Wildman–Crippen MR) is 110 cm³/mol. The SMILES string of the molecule is O=C(CCN1CCCC(C(=O)Nc2nccs2)C1)Nc1c(Cl)cccc1Cl. The summed E-state index contributed by atoms with van der Waals surface area (Å²) in [6.45, 7) is 2.09. The number of carbonyl (C=O) groups is 2. The summed E-state index contributed by atoms with van der Waals surface area (Å²) in [6.07, 6.45) is 3.74. The molecule has 27 heavy (non-hydrogen) atoms. The van der Waals surface area contributed by atoms with Gasteiger partial charge in [-0.1, -0.05) is 29.3 Å². The van der Waals surface area contributed by atoms with Crippen molar-refractivity contribution in [3.63, 3.8) is 0 Å². The third-order valence-electron chi connectivity index (χ3n) is 4.42. The van der Waals surface area contributed by atoms with Crippen LogP contribution in [-0.4, -0.2) is 41.3 Å². The van der Waals surface area contributed by atoms with Crippen molar-refractivity contribution < 1.29 is 9.59 Å². The summed E-state index contributed by atoms with van der Waals surface area (Å²) >= 11 is 13.6. The second kappa shape index (κ2) is 9.50. The molecule has 2 aromatic rings. The van der Waals surface area contributed by atoms with E-state index >= 15 is 0 Å². The number of halogens is 2. The number of piperidine rings is 1. The average Bonchev–Trinajstić information content (AvgIpc) is 3.16. The maximum Gasteiger partial charge on any atom is 0.230 e. The molecule has 9 heteroatoms. The Balaban J connectivity index is 1.47. The lowest BCUT2D eigenvalue weighted by molar-refractivity contribution is -0.121. The van der Waals surface area contributed by atoms with Crippen LogP contribution < -0.4 is 10.6 Å². The Morgan fingerprint density at radius 3 is 2.74 bits per heavy atom. The molecule has 0 bridgehead atoms. The van der Waals surface area contributed by atoms with Crippen molar-refractivity contribution in [1.29, 1.82) is 0 Å². The molecule has 0 saturated carbocycles. The molecule has 2 N–H and O–H groups in total. The lowest BCUT2D eigenvalue weighted by atomic mass is 9.97. The summed E-state index contributed by atoms with van der Waals surface area (Å²) in [4.78, 5) is 30.9. The monoisotopic (exact) mass is 426 g/mol. The Kier molecular flexibility index (Phi) is 7.07. The van der Waals surface area contributed by atoms with E-state index in [9.17, 15) is 9.59 Å². The second-order valence-electron chi connectivity index (χ2n) is 6.36. The smallest absolute Gasteiger partial charge is 0.230 e. The normalized spacial score (nSPS) is 17.5. The number of para-hydroxylation sites is 1. The van der Waals surface area contributed by atoms with E-state index in [0.29, 0.717) is 40.4 Å². The van der Waals surface area contributed by atoms with Gasteiger partial charge in [0.1, 0.15) is 0 Å². The summed E-state index contributed by atoms with van der Waals surface area (Å²) in [6, 6.07) is 5.09. The fourth-order valence-electron chi connectivity index (χ4n) is 3.04. The zero-order valence-electron chi connectivity index (χ0n) is 14.6. The first-order valence-corrected chi connectivity index (χ1v) is 10.3. The van der Waals surface area contributed by atoms with Crippen LogP contribution in [0.1, 0.15) is 19.3 Å². The van der Waals surface area contributed by atoms with Crippen LogP contribution in [0, 0.1) is 5.92 Å². The predicted octanol–water partition coefficient (Wildman–Crippen LogP) is 4.13. The van der Waals surface area contributed by atoms with Crippen molar-refractivity contribution in [2.75, 3.05) is 30.3 Å². The number of hydrogen-bond acceptors (Lipinski definition) is 5. The van der Waals surface area contributed by atoms with E-state index in [-0.39, 0.29) is 17.7 Å². The van der Waals surface area contributed by atoms with Gasteiger partial charge in [0, 0.05) is 31.1 Å². The summed E-state index contributed by atoms with van der Waals surface area (Å²) < 4.78 is 0. The molecular weight excluding hydrogens is 407 g/mol. The summed E-state index contributed by atoms with van der Waals surface area (Å²) in [5, 5.41) is 8.89. The van der Waals surface area contributed by atoms with Crippen molar-refractivity contribution in [3.05, 3.63) is 39.8 Å². The molecule has 2 heterocycles. The first-order valence-electron chi connectivity index (χ1n) is 8.69. The Labute approximate surface area is 171 Å². The number of amides is 2. The molecule has 144 valence electrons. The number of likely N-dealkylation sites (tertiary alicyclic amines) is 1. The Morgan fingerprint density at radius 1 is 1.26 bits per heavy atom. The van der Waals surface area contributed by atoms with Gasteiger partial charge in [0.15, 0.2) is 5.13 Å². The molecule has 1 aromatic heterocycles. The highest BCUT2D eigenvalue weighted by atomic mass is 35.5. The van der Waals surface area contributed by atoms with Gasteiger partial charge in [0.25, 0.3) is 0 Å². The van der Waals surface area contributed by atoms with Gasteiger partial charge in [-0.15, -0.1) is 11.3 Å². The number of nitrogens with zero attached hydrogens (tertiary/aromatic N) is 2. The van der Waals surface area contributed by atoms with Gasteiger partial charge < -0.3 is 15.5 Å². The molecule has 1 aromatic carbocycles. The van der Waals surface area contributed by atoms with Crippen molar-refractivity contribution in [2.45, 2.75) is 19.3 Å². The number of hydrogen-bond donors (Lipinski definition) is 2. The van der Waals surface area contributed by atoms with Crippen molar-refractivity contribution in [2.24, 2.45) is 5.92 Å². The minimum Gasteiger partial charge on any atom is -0.324 e. The quantitative estimate of drug-likeness (QED) is 0.727. The number of benzene rings is 1. The topological polar surface area (TPSA) is 74.3 Å². The third-order valence-corrected chi connectivity index (χ3v) is 5.74. The van der Waals surface area contributed by atoms with E-state index in [1.807, 2.05) is 5.38 Å². The standard InChI is InChI=1S/C18H20Cl2N4O2S/c19-13-4-1-5-14(20)16(13)22-15(25)6-9-24-8-2-3-12(11-24)17(26)23-18-21-7-10-27-18/h1,4-5,7,10,12H,2-3,6,8-9,11H2,(H,22,25)(H,21,23,26). The molecule has 6 nitrogen and oxygen atoms in total. The number of rotatable bonds is 6. The maximum absolute atomic E-state index is 12.4. The molecular formula is C18H20Cl2N4O2S. The van der Waals surface area contributed by atoms with Crippen LogP contribution in [-0.2, 0) is 9.59 Å². The first kappa shape index (κ1) is 20.1. The fourth-order valence-corrected chi connectivity index (χ4v) is 4.07. The molecule has 0 spiro atoms. The van der Waals surface area contributed by atoms with Crippen LogP contribution in [0.5, 0.6) is 0 Å². The van der Waals surface area contributed by atoms with E-state index in [1.54, 1.807) is 24.4 Å². The van der Waals surface area contributed by atoms with Gasteiger partial charge in [0.05, 0.1) is 21.7 Å². The van der Waals surface area contributed by atoms with Crippen molar-refractivity contribution in [1.82, 2.24) is 9.88 Å². The lowest BCUT2D eigenvalue weighted by Gasteiger charge is -2.31. The van der Waals surface area contributed by atoms with Crippen LogP contribution in [0.25, 0.3) is 0 Å². The molecule has 1 atom stereocenters. The minimum atomic E-state index is -0.153. The minimum absolute atomic E-state index is 0.0121. The number of thiazole rings is 1. The Bertz CT molecular complexity index is 780. The summed E-state index contributed by atoms with van der Waals surface area (Å²) in [7, 11) is 0. The highest BCUT2D eigenvalue weighted by molar-refractivity contribution is 7.13. The highest BCUT2D eigenvalue weighted by Crippen LogP contribution is 2.30. The average molecular weight is 427 g/mol. The lowest BCUT2D eigenvalue weighted by Crippen LogP contribution is -2.41. The van der Waals surface area contributed by atoms with E-state index in [2.05, 4.69) is 20.5 Å². The molecule has 3 rings (SSSR count). The van der Waals surface area contributed by atoms with Gasteiger partial charge >= 0.3 is 0 Å².